The molecule has 0 N–H and O–H groups in total. The van der Waals surface area contributed by atoms with Crippen LogP contribution in [0.5, 0.6) is 11.8 Å². The number of rotatable bonds is 4. The Hall–Kier alpha value is -3.10. The van der Waals surface area contributed by atoms with Crippen molar-refractivity contribution in [2.24, 2.45) is 0 Å². The highest BCUT2D eigenvalue weighted by Gasteiger charge is 2.34. The lowest BCUT2D eigenvalue weighted by atomic mass is 10.2. The highest BCUT2D eigenvalue weighted by atomic mass is 16.5. The fraction of sp³-hybridized carbons (Fsp3) is 0.375. The molecule has 132 valence electrons. The van der Waals surface area contributed by atoms with Gasteiger partial charge >= 0.3 is 0 Å². The van der Waals surface area contributed by atoms with Crippen LogP contribution in [-0.4, -0.2) is 59.3 Å². The lowest BCUT2D eigenvalue weighted by molar-refractivity contribution is 0.0182. The molecule has 2 aromatic heterocycles. The molecule has 0 bridgehead atoms. The van der Waals surface area contributed by atoms with Crippen LogP contribution in [0.2, 0.25) is 0 Å². The molecule has 1 saturated heterocycles. The average molecular weight is 346 g/mol. The van der Waals surface area contributed by atoms with Gasteiger partial charge in [0.05, 0.1) is 19.9 Å². The van der Waals surface area contributed by atoms with E-state index in [1.807, 2.05) is 0 Å². The second kappa shape index (κ2) is 6.80. The molecule has 3 rings (SSSR count). The van der Waals surface area contributed by atoms with Gasteiger partial charge in [0, 0.05) is 19.2 Å². The summed E-state index contributed by atoms with van der Waals surface area (Å²) in [7, 11) is 2.90. The molecule has 3 heterocycles. The van der Waals surface area contributed by atoms with Crippen molar-refractivity contribution in [3.63, 3.8) is 0 Å². The first-order valence-electron chi connectivity index (χ1n) is 7.70. The Morgan fingerprint density at radius 3 is 2.32 bits per heavy atom. The second-order valence-electron chi connectivity index (χ2n) is 5.43. The molecule has 1 aliphatic rings. The molecule has 25 heavy (non-hydrogen) atoms. The van der Waals surface area contributed by atoms with Crippen molar-refractivity contribution < 1.29 is 23.6 Å². The van der Waals surface area contributed by atoms with E-state index >= 15 is 0 Å². The predicted octanol–water partition coefficient (Wildman–Crippen LogP) is 1.30. The fourth-order valence-electron chi connectivity index (χ4n) is 2.67. The maximum absolute atomic E-state index is 12.9. The largest absolute Gasteiger partial charge is 0.481 e. The molecule has 0 aliphatic carbocycles. The maximum atomic E-state index is 12.9. The lowest BCUT2D eigenvalue weighted by Crippen LogP contribution is -2.45. The van der Waals surface area contributed by atoms with Gasteiger partial charge in [0.25, 0.3) is 11.8 Å². The molecule has 0 aromatic carbocycles. The van der Waals surface area contributed by atoms with E-state index < -0.39 is 0 Å². The van der Waals surface area contributed by atoms with Gasteiger partial charge in [-0.2, -0.15) is 4.98 Å². The van der Waals surface area contributed by atoms with E-state index in [9.17, 15) is 9.59 Å². The van der Waals surface area contributed by atoms with Crippen LogP contribution >= 0.6 is 0 Å². The number of hydrogen-bond donors (Lipinski definition) is 0. The molecule has 1 aliphatic heterocycles. The number of pyridine rings is 1. The number of nitrogens with zero attached hydrogens (tertiary/aromatic N) is 4. The molecular weight excluding hydrogens is 328 g/mol. The minimum atomic E-state index is -0.369. The second-order valence-corrected chi connectivity index (χ2v) is 5.43. The summed E-state index contributed by atoms with van der Waals surface area (Å²) in [6, 6.07) is 3.14. The summed E-state index contributed by atoms with van der Waals surface area (Å²) in [5.74, 6) is -0.218. The summed E-state index contributed by atoms with van der Waals surface area (Å²) >= 11 is 0. The number of amides is 2. The zero-order valence-corrected chi connectivity index (χ0v) is 14.2. The summed E-state index contributed by atoms with van der Waals surface area (Å²) in [6.07, 6.45) is 1.96. The van der Waals surface area contributed by atoms with Crippen molar-refractivity contribution in [2.45, 2.75) is 13.3 Å². The van der Waals surface area contributed by atoms with E-state index in [0.29, 0.717) is 36.6 Å². The van der Waals surface area contributed by atoms with E-state index in [1.54, 1.807) is 19.1 Å². The van der Waals surface area contributed by atoms with E-state index in [2.05, 4.69) is 10.1 Å². The molecule has 0 saturated carbocycles. The minimum Gasteiger partial charge on any atom is -0.481 e. The fourth-order valence-corrected chi connectivity index (χ4v) is 2.67. The van der Waals surface area contributed by atoms with Crippen molar-refractivity contribution >= 4 is 11.8 Å². The van der Waals surface area contributed by atoms with Gasteiger partial charge in [0.15, 0.2) is 0 Å². The highest BCUT2D eigenvalue weighted by molar-refractivity contribution is 6.00. The molecule has 1 fully saturated rings. The van der Waals surface area contributed by atoms with Crippen LogP contribution in [0.4, 0.5) is 0 Å². The van der Waals surface area contributed by atoms with Crippen molar-refractivity contribution in [3.8, 4) is 11.8 Å². The summed E-state index contributed by atoms with van der Waals surface area (Å²) in [6.45, 7) is 2.53. The van der Waals surface area contributed by atoms with Gasteiger partial charge in [-0.1, -0.05) is 5.16 Å². The molecule has 2 aromatic rings. The predicted molar refractivity (Wildman–Crippen MR) is 85.3 cm³/mol. The number of hydrogen-bond acceptors (Lipinski definition) is 7. The Morgan fingerprint density at radius 2 is 1.76 bits per heavy atom. The average Bonchev–Trinajstić information content (AvgIpc) is 3.29. The van der Waals surface area contributed by atoms with Gasteiger partial charge in [0.2, 0.25) is 11.8 Å². The molecule has 2 amide bonds. The molecule has 0 unspecified atom stereocenters. The van der Waals surface area contributed by atoms with E-state index in [0.717, 1.165) is 0 Å². The van der Waals surface area contributed by atoms with E-state index in [1.165, 1.54) is 30.5 Å². The normalized spacial score (nSPS) is 13.9. The Balaban J connectivity index is 1.89. The zero-order valence-electron chi connectivity index (χ0n) is 14.2. The number of aromatic nitrogens is 2. The Kier molecular flexibility index (Phi) is 4.55. The van der Waals surface area contributed by atoms with Gasteiger partial charge in [0.1, 0.15) is 17.4 Å². The summed E-state index contributed by atoms with van der Waals surface area (Å²) in [5, 5.41) is 6.50. The first kappa shape index (κ1) is 16.7. The Morgan fingerprint density at radius 1 is 1.08 bits per heavy atom. The molecule has 9 nitrogen and oxygen atoms in total. The first-order chi connectivity index (χ1) is 12.1. The number of methoxy groups -OCH3 is 2. The van der Waals surface area contributed by atoms with Gasteiger partial charge in [-0.05, 0) is 19.4 Å². The third kappa shape index (κ3) is 3.00. The van der Waals surface area contributed by atoms with Gasteiger partial charge in [-0.15, -0.1) is 0 Å². The standard InChI is InChI=1S/C16H18N4O5/c1-10-12(9-25-18-10)16(22)20-8-4-7-19(20)15(21)11-5-6-13(23-2)17-14(11)24-3/h5-6,9H,4,7-8H2,1-3H3. The van der Waals surface area contributed by atoms with Crippen LogP contribution in [0.15, 0.2) is 22.9 Å². The van der Waals surface area contributed by atoms with Crippen LogP contribution < -0.4 is 9.47 Å². The summed E-state index contributed by atoms with van der Waals surface area (Å²) in [5.41, 5.74) is 1.07. The molecule has 9 heteroatoms. The van der Waals surface area contributed by atoms with Crippen molar-refractivity contribution in [1.82, 2.24) is 20.2 Å². The zero-order chi connectivity index (χ0) is 18.0. The molecule has 0 spiro atoms. The highest BCUT2D eigenvalue weighted by Crippen LogP contribution is 2.25. The number of ether oxygens (including phenoxy) is 2. The number of aryl methyl sites for hydroxylation is 1. The van der Waals surface area contributed by atoms with E-state index in [-0.39, 0.29) is 23.3 Å². The van der Waals surface area contributed by atoms with Crippen LogP contribution in [-0.2, 0) is 0 Å². The SMILES string of the molecule is COc1ccc(C(=O)N2CCCN2C(=O)c2conc2C)c(OC)n1. The molecule has 0 atom stereocenters. The minimum absolute atomic E-state index is 0.143. The Labute approximate surface area is 144 Å². The first-order valence-corrected chi connectivity index (χ1v) is 7.70. The van der Waals surface area contributed by atoms with Crippen LogP contribution in [0.3, 0.4) is 0 Å². The van der Waals surface area contributed by atoms with E-state index in [4.69, 9.17) is 14.0 Å². The lowest BCUT2D eigenvalue weighted by Gasteiger charge is -2.27. The van der Waals surface area contributed by atoms with Gasteiger partial charge in [-0.3, -0.25) is 9.59 Å². The smallest absolute Gasteiger partial charge is 0.277 e. The number of carbonyl (C=O) groups excluding carboxylic acids is 2. The molecular formula is C16H18N4O5. The third-order valence-corrected chi connectivity index (χ3v) is 3.95. The summed E-state index contributed by atoms with van der Waals surface area (Å²) in [4.78, 5) is 29.7. The maximum Gasteiger partial charge on any atom is 0.277 e. The number of hydrazine groups is 1. The number of carbonyl (C=O) groups is 2. The van der Waals surface area contributed by atoms with Crippen LogP contribution in [0, 0.1) is 6.92 Å². The Bertz CT molecular complexity index is 804. The van der Waals surface area contributed by atoms with Crippen molar-refractivity contribution in [2.75, 3.05) is 27.3 Å². The quantitative estimate of drug-likeness (QED) is 0.823. The van der Waals surface area contributed by atoms with Gasteiger partial charge in [-0.25, -0.2) is 10.0 Å². The van der Waals surface area contributed by atoms with Gasteiger partial charge < -0.3 is 14.0 Å². The third-order valence-electron chi connectivity index (χ3n) is 3.95. The van der Waals surface area contributed by atoms with Crippen LogP contribution in [0.25, 0.3) is 0 Å². The van der Waals surface area contributed by atoms with Crippen LogP contribution in [0.1, 0.15) is 32.8 Å². The summed E-state index contributed by atoms with van der Waals surface area (Å²) < 4.78 is 15.1. The topological polar surface area (TPSA) is 98.0 Å². The van der Waals surface area contributed by atoms with Crippen molar-refractivity contribution in [1.29, 1.82) is 0 Å². The molecule has 0 radical (unpaired) electrons. The van der Waals surface area contributed by atoms with Crippen molar-refractivity contribution in [3.05, 3.63) is 35.2 Å². The monoisotopic (exact) mass is 346 g/mol.